The Hall–Kier alpha value is -4.33. The number of aliphatic carboxylic acids is 1. The van der Waals surface area contributed by atoms with Crippen LogP contribution in [-0.4, -0.2) is 47.0 Å². The molecule has 0 fully saturated rings. The van der Waals surface area contributed by atoms with E-state index in [1.165, 1.54) is 6.92 Å². The van der Waals surface area contributed by atoms with Crippen LogP contribution in [0.5, 0.6) is 17.2 Å². The van der Waals surface area contributed by atoms with Crippen molar-refractivity contribution >= 4 is 17.5 Å². The minimum Gasteiger partial charge on any atom is -0.507 e. The van der Waals surface area contributed by atoms with Gasteiger partial charge in [0.2, 0.25) is 0 Å². The number of benzene rings is 3. The van der Waals surface area contributed by atoms with Crippen molar-refractivity contribution in [1.29, 1.82) is 0 Å². The van der Waals surface area contributed by atoms with Crippen LogP contribution >= 0.6 is 0 Å². The van der Waals surface area contributed by atoms with E-state index in [-0.39, 0.29) is 11.5 Å². The lowest BCUT2D eigenvalue weighted by atomic mass is 10.0. The molecule has 0 saturated heterocycles. The van der Waals surface area contributed by atoms with Gasteiger partial charge < -0.3 is 24.5 Å². The summed E-state index contributed by atoms with van der Waals surface area (Å²) in [5.74, 6) is -0.111. The highest BCUT2D eigenvalue weighted by Crippen LogP contribution is 2.33. The first-order chi connectivity index (χ1) is 19.7. The van der Waals surface area contributed by atoms with Crippen LogP contribution in [0.25, 0.3) is 0 Å². The molecule has 1 atom stereocenters. The van der Waals surface area contributed by atoms with Crippen LogP contribution in [0.1, 0.15) is 72.6 Å². The van der Waals surface area contributed by atoms with Crippen LogP contribution in [0.3, 0.4) is 0 Å². The average Bonchev–Trinajstić information content (AvgIpc) is 2.95. The number of ketones is 1. The molecule has 0 aromatic heterocycles. The van der Waals surface area contributed by atoms with E-state index >= 15 is 0 Å². The number of phenolic OH excluding ortho intramolecular Hbond substituents is 1. The zero-order chi connectivity index (χ0) is 29.8. The number of carboxylic acid groups (broad SMARTS) is 1. The van der Waals surface area contributed by atoms with Crippen LogP contribution in [0.4, 0.5) is 0 Å². The first kappa shape index (κ1) is 31.2. The molecule has 0 aliphatic rings. The topological polar surface area (TPSA) is 115 Å². The third-order valence-corrected chi connectivity index (χ3v) is 6.57. The summed E-state index contributed by atoms with van der Waals surface area (Å²) in [7, 11) is 0. The van der Waals surface area contributed by atoms with Crippen molar-refractivity contribution in [3.63, 3.8) is 0 Å². The Morgan fingerprint density at radius 1 is 0.976 bits per heavy atom. The minimum atomic E-state index is -0.994. The third kappa shape index (κ3) is 8.83. The number of Topliss-reactive ketones (excluding diaryl/α,β-unsaturated/α-hetero) is 1. The monoisotopic (exact) mass is 561 g/mol. The average molecular weight is 562 g/mol. The van der Waals surface area contributed by atoms with Crippen LogP contribution in [0.15, 0.2) is 65.8 Å². The highest BCUT2D eigenvalue weighted by atomic mass is 16.6. The molecule has 3 aromatic carbocycles. The number of carbonyl (C=O) groups excluding carboxylic acids is 1. The second-order valence-corrected chi connectivity index (χ2v) is 9.81. The van der Waals surface area contributed by atoms with Crippen molar-refractivity contribution in [3.05, 3.63) is 88.5 Å². The fourth-order valence-electron chi connectivity index (χ4n) is 4.36. The molecule has 0 spiro atoms. The molecule has 0 radical (unpaired) electrons. The lowest BCUT2D eigenvalue weighted by molar-refractivity contribution is -0.145. The largest absolute Gasteiger partial charge is 0.507 e. The number of phenols is 1. The van der Waals surface area contributed by atoms with E-state index in [1.807, 2.05) is 56.3 Å². The summed E-state index contributed by atoms with van der Waals surface area (Å²) in [5.41, 5.74) is 4.39. The summed E-state index contributed by atoms with van der Waals surface area (Å²) in [6.45, 7) is 7.75. The standard InChI is InChI=1S/C33H39NO7/c1-5-11-27-31(17-15-26(23(4)35)32(27)36)39-18-10-19-40-34-28(21-24-12-8-7-9-13-24)25-14-16-30(22(3)20-25)41-29(6-2)33(37)38/h7-9,12-17,20,29,36H,5-6,10-11,18-19,21H2,1-4H3,(H,37,38). The van der Waals surface area contributed by atoms with Gasteiger partial charge in [-0.05, 0) is 68.1 Å². The number of carbonyl (C=O) groups is 2. The Bertz CT molecular complexity index is 1350. The van der Waals surface area contributed by atoms with Crippen molar-refractivity contribution in [2.75, 3.05) is 13.2 Å². The van der Waals surface area contributed by atoms with Crippen LogP contribution in [-0.2, 0) is 22.5 Å². The maximum absolute atomic E-state index is 11.8. The first-order valence-corrected chi connectivity index (χ1v) is 14.0. The normalized spacial score (nSPS) is 12.0. The molecule has 0 aliphatic heterocycles. The number of carboxylic acids is 1. The summed E-state index contributed by atoms with van der Waals surface area (Å²) < 4.78 is 11.6. The van der Waals surface area contributed by atoms with E-state index < -0.39 is 12.1 Å². The zero-order valence-electron chi connectivity index (χ0n) is 24.2. The molecule has 41 heavy (non-hydrogen) atoms. The molecule has 1 unspecified atom stereocenters. The summed E-state index contributed by atoms with van der Waals surface area (Å²) in [5, 5.41) is 24.3. The van der Waals surface area contributed by atoms with E-state index in [0.29, 0.717) is 61.5 Å². The number of aryl methyl sites for hydroxylation is 1. The lowest BCUT2D eigenvalue weighted by Gasteiger charge is -2.16. The quantitative estimate of drug-likeness (QED) is 0.0884. The number of hydrogen-bond donors (Lipinski definition) is 2. The molecule has 0 aliphatic carbocycles. The number of oxime groups is 1. The Kier molecular flexibility index (Phi) is 11.8. The number of nitrogens with zero attached hydrogens (tertiary/aromatic N) is 1. The molecule has 0 amide bonds. The predicted octanol–water partition coefficient (Wildman–Crippen LogP) is 6.53. The maximum Gasteiger partial charge on any atom is 0.344 e. The van der Waals surface area contributed by atoms with Crippen molar-refractivity contribution in [2.24, 2.45) is 5.16 Å². The zero-order valence-corrected chi connectivity index (χ0v) is 24.2. The number of ether oxygens (including phenoxy) is 2. The fourth-order valence-corrected chi connectivity index (χ4v) is 4.36. The van der Waals surface area contributed by atoms with Gasteiger partial charge in [-0.1, -0.05) is 55.8 Å². The van der Waals surface area contributed by atoms with Gasteiger partial charge in [-0.15, -0.1) is 0 Å². The predicted molar refractivity (Wildman–Crippen MR) is 158 cm³/mol. The van der Waals surface area contributed by atoms with E-state index in [9.17, 15) is 19.8 Å². The van der Waals surface area contributed by atoms with Crippen molar-refractivity contribution in [2.45, 2.75) is 65.9 Å². The van der Waals surface area contributed by atoms with Crippen LogP contribution < -0.4 is 9.47 Å². The SMILES string of the molecule is CCCc1c(OCCCON=C(Cc2ccccc2)c2ccc(OC(CC)C(=O)O)c(C)c2)ccc(C(C)=O)c1O. The number of aromatic hydroxyl groups is 1. The Morgan fingerprint density at radius 3 is 2.34 bits per heavy atom. The minimum absolute atomic E-state index is 0.0110. The van der Waals surface area contributed by atoms with E-state index in [0.717, 1.165) is 28.8 Å². The second kappa shape index (κ2) is 15.5. The van der Waals surface area contributed by atoms with Crippen molar-refractivity contribution < 1.29 is 34.1 Å². The van der Waals surface area contributed by atoms with Gasteiger partial charge in [-0.3, -0.25) is 4.79 Å². The van der Waals surface area contributed by atoms with Gasteiger partial charge in [0.1, 0.15) is 23.9 Å². The van der Waals surface area contributed by atoms with Crippen molar-refractivity contribution in [3.8, 4) is 17.2 Å². The van der Waals surface area contributed by atoms with Gasteiger partial charge >= 0.3 is 5.97 Å². The second-order valence-electron chi connectivity index (χ2n) is 9.81. The molecule has 2 N–H and O–H groups in total. The molecular weight excluding hydrogens is 522 g/mol. The third-order valence-electron chi connectivity index (χ3n) is 6.57. The van der Waals surface area contributed by atoms with Gasteiger partial charge in [-0.2, -0.15) is 0 Å². The molecule has 3 aromatic rings. The summed E-state index contributed by atoms with van der Waals surface area (Å²) in [4.78, 5) is 28.9. The maximum atomic E-state index is 11.8. The first-order valence-electron chi connectivity index (χ1n) is 14.0. The molecule has 0 saturated carbocycles. The Morgan fingerprint density at radius 2 is 1.71 bits per heavy atom. The molecule has 0 bridgehead atoms. The smallest absolute Gasteiger partial charge is 0.344 e. The highest BCUT2D eigenvalue weighted by molar-refractivity contribution is 6.02. The molecule has 8 heteroatoms. The molecule has 0 heterocycles. The summed E-state index contributed by atoms with van der Waals surface area (Å²) in [6, 6.07) is 18.8. The lowest BCUT2D eigenvalue weighted by Crippen LogP contribution is -2.26. The summed E-state index contributed by atoms with van der Waals surface area (Å²) >= 11 is 0. The van der Waals surface area contributed by atoms with Crippen LogP contribution in [0, 0.1) is 6.92 Å². The fraction of sp³-hybridized carbons (Fsp3) is 0.364. The van der Waals surface area contributed by atoms with Gasteiger partial charge in [0, 0.05) is 24.0 Å². The van der Waals surface area contributed by atoms with Gasteiger partial charge in [0.15, 0.2) is 11.9 Å². The summed E-state index contributed by atoms with van der Waals surface area (Å²) in [6.07, 6.45) is 1.97. The Balaban J connectivity index is 1.68. The molecule has 8 nitrogen and oxygen atoms in total. The van der Waals surface area contributed by atoms with Crippen LogP contribution in [0.2, 0.25) is 0 Å². The van der Waals surface area contributed by atoms with E-state index in [4.69, 9.17) is 14.3 Å². The van der Waals surface area contributed by atoms with Crippen molar-refractivity contribution in [1.82, 2.24) is 0 Å². The Labute approximate surface area is 241 Å². The molecule has 3 rings (SSSR count). The molecule has 218 valence electrons. The van der Waals surface area contributed by atoms with E-state index in [1.54, 1.807) is 25.1 Å². The molecular formula is C33H39NO7. The van der Waals surface area contributed by atoms with E-state index in [2.05, 4.69) is 5.16 Å². The number of hydrogen-bond acceptors (Lipinski definition) is 7. The van der Waals surface area contributed by atoms with Gasteiger partial charge in [0.05, 0.1) is 17.9 Å². The van der Waals surface area contributed by atoms with Gasteiger partial charge in [-0.25, -0.2) is 4.79 Å². The highest BCUT2D eigenvalue weighted by Gasteiger charge is 2.19. The van der Waals surface area contributed by atoms with Gasteiger partial charge in [0.25, 0.3) is 0 Å². The number of rotatable bonds is 16.